The van der Waals surface area contributed by atoms with Crippen LogP contribution in [-0.2, 0) is 13.0 Å². The number of hydrogen-bond acceptors (Lipinski definition) is 6. The van der Waals surface area contributed by atoms with Crippen LogP contribution in [0.2, 0.25) is 0 Å². The fraction of sp³-hybridized carbons (Fsp3) is 0.200. The number of rotatable bonds is 3. The van der Waals surface area contributed by atoms with Gasteiger partial charge in [0.1, 0.15) is 5.52 Å². The molecular formula is C10H10N6O. The van der Waals surface area contributed by atoms with E-state index in [1.807, 2.05) is 16.7 Å². The van der Waals surface area contributed by atoms with Gasteiger partial charge in [0.25, 0.3) is 0 Å². The molecule has 86 valence electrons. The zero-order valence-electron chi connectivity index (χ0n) is 8.95. The number of aryl methyl sites for hydroxylation is 2. The van der Waals surface area contributed by atoms with Gasteiger partial charge < -0.3 is 10.3 Å². The highest BCUT2D eigenvalue weighted by Gasteiger charge is 2.09. The van der Waals surface area contributed by atoms with Gasteiger partial charge in [-0.25, -0.2) is 9.97 Å². The topological polar surface area (TPSA) is 95.7 Å². The smallest absolute Gasteiger partial charge is 0.213 e. The summed E-state index contributed by atoms with van der Waals surface area (Å²) in [6, 6.07) is 3.71. The van der Waals surface area contributed by atoms with Gasteiger partial charge in [-0.15, -0.1) is 0 Å². The molecule has 0 fully saturated rings. The first kappa shape index (κ1) is 9.76. The minimum absolute atomic E-state index is 0.446. The van der Waals surface area contributed by atoms with Crippen LogP contribution in [0.5, 0.6) is 0 Å². The van der Waals surface area contributed by atoms with E-state index in [-0.39, 0.29) is 0 Å². The lowest BCUT2D eigenvalue weighted by Gasteiger charge is -2.02. The summed E-state index contributed by atoms with van der Waals surface area (Å²) in [5, 5.41) is 3.74. The zero-order valence-corrected chi connectivity index (χ0v) is 8.95. The lowest BCUT2D eigenvalue weighted by atomic mass is 10.4. The molecule has 0 aliphatic carbocycles. The highest BCUT2D eigenvalue weighted by molar-refractivity contribution is 5.73. The molecule has 0 atom stereocenters. The van der Waals surface area contributed by atoms with E-state index in [9.17, 15) is 0 Å². The van der Waals surface area contributed by atoms with Crippen molar-refractivity contribution >= 4 is 17.1 Å². The molecule has 3 aromatic rings. The quantitative estimate of drug-likeness (QED) is 0.709. The van der Waals surface area contributed by atoms with Gasteiger partial charge in [-0.2, -0.15) is 4.98 Å². The van der Waals surface area contributed by atoms with Crippen molar-refractivity contribution in [1.29, 1.82) is 0 Å². The van der Waals surface area contributed by atoms with Crippen LogP contribution in [0, 0.1) is 0 Å². The van der Waals surface area contributed by atoms with Crippen LogP contribution in [0.1, 0.15) is 5.82 Å². The Hall–Kier alpha value is -2.44. The van der Waals surface area contributed by atoms with Crippen LogP contribution in [0.4, 0.5) is 5.95 Å². The summed E-state index contributed by atoms with van der Waals surface area (Å²) in [5.41, 5.74) is 7.40. The van der Waals surface area contributed by atoms with Gasteiger partial charge in [0.2, 0.25) is 12.3 Å². The number of nitrogens with two attached hydrogens (primary N) is 1. The van der Waals surface area contributed by atoms with Gasteiger partial charge in [-0.3, -0.25) is 4.57 Å². The van der Waals surface area contributed by atoms with Gasteiger partial charge in [-0.1, -0.05) is 5.16 Å². The van der Waals surface area contributed by atoms with E-state index >= 15 is 0 Å². The number of nitrogen functional groups attached to an aromatic ring is 1. The van der Waals surface area contributed by atoms with Crippen LogP contribution in [0.15, 0.2) is 29.2 Å². The van der Waals surface area contributed by atoms with Gasteiger partial charge >= 0.3 is 0 Å². The molecule has 0 aromatic carbocycles. The fourth-order valence-corrected chi connectivity index (χ4v) is 1.71. The number of pyridine rings is 1. The Morgan fingerprint density at radius 3 is 3.12 bits per heavy atom. The summed E-state index contributed by atoms with van der Waals surface area (Å²) < 4.78 is 6.51. The molecule has 0 aliphatic rings. The second kappa shape index (κ2) is 3.85. The van der Waals surface area contributed by atoms with Gasteiger partial charge in [0.05, 0.1) is 0 Å². The molecule has 0 spiro atoms. The zero-order chi connectivity index (χ0) is 11.7. The Bertz CT molecular complexity index is 629. The molecule has 3 aromatic heterocycles. The minimum atomic E-state index is 0.446. The maximum absolute atomic E-state index is 5.84. The molecule has 0 saturated heterocycles. The third kappa shape index (κ3) is 1.71. The Kier molecular flexibility index (Phi) is 2.21. The van der Waals surface area contributed by atoms with Crippen LogP contribution in [-0.4, -0.2) is 24.7 Å². The van der Waals surface area contributed by atoms with Crippen molar-refractivity contribution in [3.8, 4) is 0 Å². The molecule has 0 radical (unpaired) electrons. The van der Waals surface area contributed by atoms with Crippen LogP contribution in [0.3, 0.4) is 0 Å². The SMILES string of the molecule is Nc1nc2cccnc2n1CCc1ncon1. The summed E-state index contributed by atoms with van der Waals surface area (Å²) in [4.78, 5) is 12.4. The predicted molar refractivity (Wildman–Crippen MR) is 59.9 cm³/mol. The van der Waals surface area contributed by atoms with Gasteiger partial charge in [0, 0.05) is 19.2 Å². The van der Waals surface area contributed by atoms with E-state index in [0.29, 0.717) is 24.7 Å². The highest BCUT2D eigenvalue weighted by atomic mass is 16.5. The van der Waals surface area contributed by atoms with Crippen molar-refractivity contribution in [2.24, 2.45) is 0 Å². The molecular weight excluding hydrogens is 220 g/mol. The number of aromatic nitrogens is 5. The molecule has 17 heavy (non-hydrogen) atoms. The van der Waals surface area contributed by atoms with E-state index in [4.69, 9.17) is 5.73 Å². The Balaban J connectivity index is 1.92. The number of fused-ring (bicyclic) bond motifs is 1. The first-order valence-electron chi connectivity index (χ1n) is 5.16. The van der Waals surface area contributed by atoms with Crippen molar-refractivity contribution < 1.29 is 4.52 Å². The Morgan fingerprint density at radius 1 is 1.35 bits per heavy atom. The maximum atomic E-state index is 5.84. The van der Waals surface area contributed by atoms with Crippen LogP contribution in [0.25, 0.3) is 11.2 Å². The molecule has 0 amide bonds. The second-order valence-electron chi connectivity index (χ2n) is 3.57. The molecule has 0 bridgehead atoms. The number of hydrogen-bond donors (Lipinski definition) is 1. The number of anilines is 1. The van der Waals surface area contributed by atoms with Crippen LogP contribution < -0.4 is 5.73 Å². The molecule has 7 nitrogen and oxygen atoms in total. The number of nitrogens with zero attached hydrogens (tertiary/aromatic N) is 5. The molecule has 0 saturated carbocycles. The summed E-state index contributed by atoms with van der Waals surface area (Å²) >= 11 is 0. The largest absolute Gasteiger partial charge is 0.369 e. The van der Waals surface area contributed by atoms with E-state index in [2.05, 4.69) is 24.6 Å². The molecule has 2 N–H and O–H groups in total. The molecule has 0 aliphatic heterocycles. The van der Waals surface area contributed by atoms with E-state index in [1.165, 1.54) is 6.39 Å². The first-order chi connectivity index (χ1) is 8.34. The molecule has 0 unspecified atom stereocenters. The third-order valence-corrected chi connectivity index (χ3v) is 2.50. The second-order valence-corrected chi connectivity index (χ2v) is 3.57. The Morgan fingerprint density at radius 2 is 2.29 bits per heavy atom. The van der Waals surface area contributed by atoms with Gasteiger partial charge in [-0.05, 0) is 12.1 Å². The maximum Gasteiger partial charge on any atom is 0.213 e. The van der Waals surface area contributed by atoms with E-state index < -0.39 is 0 Å². The summed E-state index contributed by atoms with van der Waals surface area (Å²) in [5.74, 6) is 1.09. The normalized spacial score (nSPS) is 11.1. The standard InChI is InChI=1S/C10H10N6O/c11-10-14-7-2-1-4-12-9(7)16(10)5-3-8-13-6-17-15-8/h1-2,4,6H,3,5H2,(H2,11,14). The average molecular weight is 230 g/mol. The lowest BCUT2D eigenvalue weighted by Crippen LogP contribution is -2.07. The monoisotopic (exact) mass is 230 g/mol. The van der Waals surface area contributed by atoms with Crippen molar-refractivity contribution in [2.75, 3.05) is 5.73 Å². The van der Waals surface area contributed by atoms with Crippen molar-refractivity contribution in [3.63, 3.8) is 0 Å². The highest BCUT2D eigenvalue weighted by Crippen LogP contribution is 2.15. The summed E-state index contributed by atoms with van der Waals surface area (Å²) in [6.45, 7) is 0.624. The molecule has 3 rings (SSSR count). The van der Waals surface area contributed by atoms with E-state index in [1.54, 1.807) is 6.20 Å². The molecule has 7 heteroatoms. The third-order valence-electron chi connectivity index (χ3n) is 2.50. The summed E-state index contributed by atoms with van der Waals surface area (Å²) in [7, 11) is 0. The van der Waals surface area contributed by atoms with Gasteiger partial charge in [0.15, 0.2) is 11.5 Å². The fourth-order valence-electron chi connectivity index (χ4n) is 1.71. The van der Waals surface area contributed by atoms with Crippen molar-refractivity contribution in [3.05, 3.63) is 30.5 Å². The minimum Gasteiger partial charge on any atom is -0.369 e. The van der Waals surface area contributed by atoms with Crippen LogP contribution >= 0.6 is 0 Å². The average Bonchev–Trinajstić information content (AvgIpc) is 2.93. The number of imidazole rings is 1. The summed E-state index contributed by atoms with van der Waals surface area (Å²) in [6.07, 6.45) is 3.65. The first-order valence-corrected chi connectivity index (χ1v) is 5.16. The molecule has 3 heterocycles. The Labute approximate surface area is 96.3 Å². The van der Waals surface area contributed by atoms with Crippen molar-refractivity contribution in [1.82, 2.24) is 24.7 Å². The predicted octanol–water partition coefficient (Wildman–Crippen LogP) is 0.639. The van der Waals surface area contributed by atoms with E-state index in [0.717, 1.165) is 11.2 Å². The lowest BCUT2D eigenvalue weighted by molar-refractivity contribution is 0.408. The van der Waals surface area contributed by atoms with Crippen molar-refractivity contribution in [2.45, 2.75) is 13.0 Å².